The van der Waals surface area contributed by atoms with Crippen molar-refractivity contribution in [3.05, 3.63) is 65.2 Å². The first-order chi connectivity index (χ1) is 13.5. The first-order valence-electron chi connectivity index (χ1n) is 9.28. The lowest BCUT2D eigenvalue weighted by atomic mass is 10.1. The molecular weight excluding hydrogens is 370 g/mol. The Morgan fingerprint density at radius 2 is 1.89 bits per heavy atom. The van der Waals surface area contributed by atoms with Gasteiger partial charge in [0.05, 0.1) is 11.4 Å². The number of rotatable bonds is 7. The highest BCUT2D eigenvalue weighted by Crippen LogP contribution is 2.22. The van der Waals surface area contributed by atoms with E-state index in [1.54, 1.807) is 4.68 Å². The third-order valence-corrected chi connectivity index (χ3v) is 5.39. The summed E-state index contributed by atoms with van der Waals surface area (Å²) in [6, 6.07) is 16.3. The number of amides is 1. The maximum atomic E-state index is 12.9. The molecule has 0 saturated heterocycles. The van der Waals surface area contributed by atoms with Crippen LogP contribution in [-0.4, -0.2) is 42.8 Å². The van der Waals surface area contributed by atoms with E-state index in [4.69, 9.17) is 0 Å². The van der Waals surface area contributed by atoms with E-state index in [2.05, 4.69) is 28.5 Å². The molecule has 3 rings (SSSR count). The van der Waals surface area contributed by atoms with E-state index in [0.717, 1.165) is 16.8 Å². The van der Waals surface area contributed by atoms with Crippen molar-refractivity contribution < 1.29 is 4.79 Å². The first kappa shape index (κ1) is 20.1. The largest absolute Gasteiger partial charge is 0.335 e. The Labute approximate surface area is 169 Å². The summed E-state index contributed by atoms with van der Waals surface area (Å²) in [5.74, 6) is 0.357. The minimum Gasteiger partial charge on any atom is -0.335 e. The van der Waals surface area contributed by atoms with E-state index < -0.39 is 0 Å². The van der Waals surface area contributed by atoms with Gasteiger partial charge in [0.15, 0.2) is 0 Å². The Balaban J connectivity index is 1.71. The van der Waals surface area contributed by atoms with Gasteiger partial charge < -0.3 is 4.90 Å². The molecule has 1 heterocycles. The van der Waals surface area contributed by atoms with Crippen LogP contribution in [0.2, 0.25) is 0 Å². The number of carbonyl (C=O) groups is 1. The van der Waals surface area contributed by atoms with Crippen molar-refractivity contribution in [2.75, 3.05) is 5.75 Å². The van der Waals surface area contributed by atoms with Gasteiger partial charge in [-0.25, -0.2) is 0 Å². The number of hydrogen-bond acceptors (Lipinski definition) is 5. The molecule has 0 fully saturated rings. The van der Waals surface area contributed by atoms with E-state index in [1.807, 2.05) is 68.1 Å². The predicted molar refractivity (Wildman–Crippen MR) is 111 cm³/mol. The van der Waals surface area contributed by atoms with Crippen LogP contribution in [0, 0.1) is 13.8 Å². The molecule has 0 bridgehead atoms. The van der Waals surface area contributed by atoms with Gasteiger partial charge in [0.25, 0.3) is 0 Å². The number of tetrazole rings is 1. The van der Waals surface area contributed by atoms with Crippen LogP contribution in [0.5, 0.6) is 0 Å². The third kappa shape index (κ3) is 4.78. The van der Waals surface area contributed by atoms with Crippen LogP contribution in [0.1, 0.15) is 30.5 Å². The van der Waals surface area contributed by atoms with Gasteiger partial charge in [-0.1, -0.05) is 59.8 Å². The number of hydrogen-bond donors (Lipinski definition) is 0. The summed E-state index contributed by atoms with van der Waals surface area (Å²) < 4.78 is 1.70. The Hall–Kier alpha value is -2.67. The van der Waals surface area contributed by atoms with E-state index >= 15 is 0 Å². The zero-order valence-electron chi connectivity index (χ0n) is 16.7. The summed E-state index contributed by atoms with van der Waals surface area (Å²) in [5.41, 5.74) is 4.32. The quantitative estimate of drug-likeness (QED) is 0.569. The average Bonchev–Trinajstić information content (AvgIpc) is 3.13. The van der Waals surface area contributed by atoms with E-state index in [-0.39, 0.29) is 17.7 Å². The van der Waals surface area contributed by atoms with Gasteiger partial charge in [-0.3, -0.25) is 4.79 Å². The Morgan fingerprint density at radius 1 is 1.14 bits per heavy atom. The molecule has 0 aliphatic heterocycles. The van der Waals surface area contributed by atoms with Gasteiger partial charge >= 0.3 is 0 Å². The molecule has 0 spiro atoms. The fraction of sp³-hybridized carbons (Fsp3) is 0.333. The number of benzene rings is 2. The average molecular weight is 396 g/mol. The van der Waals surface area contributed by atoms with Crippen molar-refractivity contribution >= 4 is 17.7 Å². The van der Waals surface area contributed by atoms with E-state index in [0.29, 0.717) is 11.7 Å². The van der Waals surface area contributed by atoms with Gasteiger partial charge in [0, 0.05) is 12.6 Å². The van der Waals surface area contributed by atoms with Gasteiger partial charge in [0.2, 0.25) is 11.1 Å². The van der Waals surface area contributed by atoms with Crippen molar-refractivity contribution in [2.45, 2.75) is 45.4 Å². The van der Waals surface area contributed by atoms with Crippen molar-refractivity contribution in [1.29, 1.82) is 0 Å². The van der Waals surface area contributed by atoms with Crippen LogP contribution in [0.25, 0.3) is 5.69 Å². The van der Waals surface area contributed by atoms with Crippen LogP contribution < -0.4 is 0 Å². The molecule has 0 unspecified atom stereocenters. The van der Waals surface area contributed by atoms with Gasteiger partial charge in [-0.15, -0.1) is 5.10 Å². The topological polar surface area (TPSA) is 63.9 Å². The molecule has 0 radical (unpaired) electrons. The van der Waals surface area contributed by atoms with Crippen molar-refractivity contribution in [3.63, 3.8) is 0 Å². The molecule has 0 N–H and O–H groups in total. The van der Waals surface area contributed by atoms with Crippen LogP contribution in [0.15, 0.2) is 53.7 Å². The Bertz CT molecular complexity index is 939. The van der Waals surface area contributed by atoms with Crippen LogP contribution in [0.4, 0.5) is 0 Å². The number of nitrogens with zero attached hydrogens (tertiary/aromatic N) is 5. The van der Waals surface area contributed by atoms with Crippen molar-refractivity contribution in [3.8, 4) is 5.69 Å². The first-order valence-corrected chi connectivity index (χ1v) is 10.3. The fourth-order valence-electron chi connectivity index (χ4n) is 3.01. The summed E-state index contributed by atoms with van der Waals surface area (Å²) >= 11 is 1.36. The van der Waals surface area contributed by atoms with Gasteiger partial charge in [-0.2, -0.15) is 4.68 Å². The second kappa shape index (κ2) is 9.01. The number of aromatic nitrogens is 4. The highest BCUT2D eigenvalue weighted by atomic mass is 32.2. The van der Waals surface area contributed by atoms with Crippen LogP contribution in [-0.2, 0) is 11.3 Å². The molecule has 1 amide bonds. The lowest BCUT2D eigenvalue weighted by molar-refractivity contribution is -0.130. The number of aryl methyl sites for hydroxylation is 2. The lowest BCUT2D eigenvalue weighted by Gasteiger charge is -2.26. The molecular formula is C21H25N5OS. The molecule has 7 heteroatoms. The second-order valence-electron chi connectivity index (χ2n) is 7.05. The highest BCUT2D eigenvalue weighted by molar-refractivity contribution is 7.99. The molecule has 0 atom stereocenters. The summed E-state index contributed by atoms with van der Waals surface area (Å²) in [7, 11) is 0. The highest BCUT2D eigenvalue weighted by Gasteiger charge is 2.19. The molecule has 0 aliphatic rings. The molecule has 0 saturated carbocycles. The summed E-state index contributed by atoms with van der Waals surface area (Å²) in [4.78, 5) is 14.8. The summed E-state index contributed by atoms with van der Waals surface area (Å²) in [6.45, 7) is 8.75. The molecule has 6 nitrogen and oxygen atoms in total. The molecule has 2 aromatic carbocycles. The predicted octanol–water partition coefficient (Wildman–Crippen LogP) is 3.81. The smallest absolute Gasteiger partial charge is 0.233 e. The maximum Gasteiger partial charge on any atom is 0.233 e. The van der Waals surface area contributed by atoms with Crippen molar-refractivity contribution in [2.24, 2.45) is 0 Å². The van der Waals surface area contributed by atoms with Crippen molar-refractivity contribution in [1.82, 2.24) is 25.1 Å². The zero-order chi connectivity index (χ0) is 20.1. The van der Waals surface area contributed by atoms with E-state index in [1.165, 1.54) is 17.3 Å². The molecule has 1 aromatic heterocycles. The molecule has 0 aliphatic carbocycles. The second-order valence-corrected chi connectivity index (χ2v) is 8.00. The minimum atomic E-state index is 0.0685. The minimum absolute atomic E-state index is 0.0685. The maximum absolute atomic E-state index is 12.9. The summed E-state index contributed by atoms with van der Waals surface area (Å²) in [5, 5.41) is 12.6. The van der Waals surface area contributed by atoms with Gasteiger partial charge in [-0.05, 0) is 55.3 Å². The molecule has 146 valence electrons. The molecule has 3 aromatic rings. The van der Waals surface area contributed by atoms with Gasteiger partial charge in [0.1, 0.15) is 0 Å². The third-order valence-electron chi connectivity index (χ3n) is 4.49. The Kier molecular flexibility index (Phi) is 6.46. The molecule has 28 heavy (non-hydrogen) atoms. The zero-order valence-corrected chi connectivity index (χ0v) is 17.5. The summed E-state index contributed by atoms with van der Waals surface area (Å²) in [6.07, 6.45) is 0. The SMILES string of the molecule is Cc1ccc(-n2nnnc2SCC(=O)N(Cc2ccccc2)C(C)C)c(C)c1. The van der Waals surface area contributed by atoms with E-state index in [9.17, 15) is 4.79 Å². The number of thioether (sulfide) groups is 1. The Morgan fingerprint density at radius 3 is 2.57 bits per heavy atom. The van der Waals surface area contributed by atoms with Crippen LogP contribution >= 0.6 is 11.8 Å². The monoisotopic (exact) mass is 395 g/mol. The lowest BCUT2D eigenvalue weighted by Crippen LogP contribution is -2.37. The van der Waals surface area contributed by atoms with Crippen LogP contribution in [0.3, 0.4) is 0 Å². The normalized spacial score (nSPS) is 11.0. The standard InChI is InChI=1S/C21H25N5OS/c1-15(2)25(13-18-8-6-5-7-9-18)20(27)14-28-21-22-23-24-26(21)19-11-10-16(3)12-17(19)4/h5-12,15H,13-14H2,1-4H3. The number of carbonyl (C=O) groups excluding carboxylic acids is 1. The fourth-order valence-corrected chi connectivity index (χ4v) is 3.78.